The zero-order chi connectivity index (χ0) is 18.5. The van der Waals surface area contributed by atoms with E-state index in [4.69, 9.17) is 4.74 Å². The van der Waals surface area contributed by atoms with E-state index in [1.165, 1.54) is 17.4 Å². The Morgan fingerprint density at radius 2 is 2.08 bits per heavy atom. The lowest BCUT2D eigenvalue weighted by Gasteiger charge is -2.27. The Labute approximate surface area is 155 Å². The van der Waals surface area contributed by atoms with Crippen molar-refractivity contribution in [2.75, 3.05) is 36.5 Å². The Morgan fingerprint density at radius 3 is 2.81 bits per heavy atom. The summed E-state index contributed by atoms with van der Waals surface area (Å²) in [5.74, 6) is 0.777. The van der Waals surface area contributed by atoms with E-state index < -0.39 is 0 Å². The van der Waals surface area contributed by atoms with Crippen LogP contribution in [0.1, 0.15) is 18.9 Å². The van der Waals surface area contributed by atoms with Crippen LogP contribution in [0.3, 0.4) is 0 Å². The normalized spacial score (nSPS) is 14.7. The van der Waals surface area contributed by atoms with Gasteiger partial charge in [0.05, 0.1) is 13.2 Å². The molecular formula is C16H22N6O3S. The van der Waals surface area contributed by atoms with Crippen LogP contribution in [0.4, 0.5) is 10.9 Å². The summed E-state index contributed by atoms with van der Waals surface area (Å²) in [6.45, 7) is 6.68. The summed E-state index contributed by atoms with van der Waals surface area (Å²) in [6.07, 6.45) is 0.816. The second-order valence-electron chi connectivity index (χ2n) is 6.43. The third-order valence-electron chi connectivity index (χ3n) is 3.78. The third-order valence-corrected chi connectivity index (χ3v) is 4.64. The van der Waals surface area contributed by atoms with Crippen molar-refractivity contribution in [2.24, 2.45) is 5.92 Å². The van der Waals surface area contributed by atoms with Crippen LogP contribution in [0.15, 0.2) is 16.9 Å². The molecule has 1 amide bonds. The molecule has 26 heavy (non-hydrogen) atoms. The van der Waals surface area contributed by atoms with Gasteiger partial charge in [-0.1, -0.05) is 25.2 Å². The van der Waals surface area contributed by atoms with Crippen LogP contribution >= 0.6 is 11.3 Å². The molecule has 1 saturated heterocycles. The van der Waals surface area contributed by atoms with Gasteiger partial charge in [0.1, 0.15) is 17.4 Å². The molecule has 2 aromatic rings. The summed E-state index contributed by atoms with van der Waals surface area (Å²) in [7, 11) is 0. The van der Waals surface area contributed by atoms with Crippen LogP contribution in [-0.4, -0.2) is 52.2 Å². The Kier molecular flexibility index (Phi) is 5.94. The van der Waals surface area contributed by atoms with Crippen molar-refractivity contribution in [2.45, 2.75) is 26.8 Å². The van der Waals surface area contributed by atoms with Gasteiger partial charge in [0.2, 0.25) is 11.0 Å². The maximum absolute atomic E-state index is 12.2. The molecule has 2 aromatic heterocycles. The molecule has 0 aliphatic carbocycles. The fraction of sp³-hybridized carbons (Fsp3) is 0.562. The fourth-order valence-electron chi connectivity index (χ4n) is 2.54. The molecule has 1 fully saturated rings. The van der Waals surface area contributed by atoms with Gasteiger partial charge in [0.15, 0.2) is 0 Å². The number of amides is 1. The number of nitrogens with zero attached hydrogens (tertiary/aromatic N) is 5. The summed E-state index contributed by atoms with van der Waals surface area (Å²) in [5.41, 5.74) is -0.324. The molecule has 3 rings (SSSR count). The van der Waals surface area contributed by atoms with Crippen LogP contribution in [0.2, 0.25) is 0 Å². The molecule has 1 N–H and O–H groups in total. The molecule has 0 radical (unpaired) electrons. The van der Waals surface area contributed by atoms with Gasteiger partial charge in [-0.05, 0) is 12.0 Å². The smallest absolute Gasteiger partial charge is 0.267 e. The number of anilines is 2. The maximum Gasteiger partial charge on any atom is 0.267 e. The second kappa shape index (κ2) is 8.37. The number of hydrogen-bond donors (Lipinski definition) is 1. The molecule has 0 spiro atoms. The van der Waals surface area contributed by atoms with Gasteiger partial charge in [0.25, 0.3) is 5.56 Å². The van der Waals surface area contributed by atoms with Gasteiger partial charge < -0.3 is 9.64 Å². The van der Waals surface area contributed by atoms with E-state index >= 15 is 0 Å². The monoisotopic (exact) mass is 378 g/mol. The Balaban J connectivity index is 1.65. The number of ether oxygens (including phenoxy) is 1. The van der Waals surface area contributed by atoms with E-state index in [-0.39, 0.29) is 18.0 Å². The van der Waals surface area contributed by atoms with Crippen molar-refractivity contribution >= 4 is 28.2 Å². The zero-order valence-corrected chi connectivity index (χ0v) is 15.7. The molecule has 1 aliphatic heterocycles. The van der Waals surface area contributed by atoms with E-state index in [9.17, 15) is 9.59 Å². The quantitative estimate of drug-likeness (QED) is 0.792. The van der Waals surface area contributed by atoms with E-state index in [1.807, 2.05) is 4.90 Å². The summed E-state index contributed by atoms with van der Waals surface area (Å²) < 4.78 is 6.48. The molecule has 10 heteroatoms. The molecule has 0 atom stereocenters. The molecule has 1 aliphatic rings. The first-order valence-corrected chi connectivity index (χ1v) is 9.36. The van der Waals surface area contributed by atoms with Crippen LogP contribution in [0.25, 0.3) is 0 Å². The molecule has 0 saturated carbocycles. The Morgan fingerprint density at radius 1 is 1.31 bits per heavy atom. The van der Waals surface area contributed by atoms with Crippen LogP contribution < -0.4 is 15.8 Å². The first-order chi connectivity index (χ1) is 12.5. The molecule has 3 heterocycles. The maximum atomic E-state index is 12.2. The highest BCUT2D eigenvalue weighted by molar-refractivity contribution is 7.15. The van der Waals surface area contributed by atoms with Gasteiger partial charge >= 0.3 is 0 Å². The van der Waals surface area contributed by atoms with Crippen molar-refractivity contribution in [3.63, 3.8) is 0 Å². The van der Waals surface area contributed by atoms with E-state index in [2.05, 4.69) is 34.5 Å². The summed E-state index contributed by atoms with van der Waals surface area (Å²) in [6, 6.07) is 3.10. The zero-order valence-electron chi connectivity index (χ0n) is 14.8. The molecule has 0 bridgehead atoms. The molecular weight excluding hydrogens is 356 g/mol. The van der Waals surface area contributed by atoms with Crippen molar-refractivity contribution in [1.82, 2.24) is 20.0 Å². The lowest BCUT2D eigenvalue weighted by Crippen LogP contribution is -2.38. The highest BCUT2D eigenvalue weighted by atomic mass is 32.1. The van der Waals surface area contributed by atoms with Crippen molar-refractivity contribution in [1.29, 1.82) is 0 Å². The molecule has 0 aromatic carbocycles. The number of morpholine rings is 1. The van der Waals surface area contributed by atoms with Gasteiger partial charge in [-0.3, -0.25) is 14.9 Å². The van der Waals surface area contributed by atoms with Crippen LogP contribution in [-0.2, 0) is 22.5 Å². The first-order valence-electron chi connectivity index (χ1n) is 8.54. The summed E-state index contributed by atoms with van der Waals surface area (Å²) >= 11 is 1.35. The average molecular weight is 378 g/mol. The summed E-state index contributed by atoms with van der Waals surface area (Å²) in [5, 5.41) is 16.3. The van der Waals surface area contributed by atoms with E-state index in [0.29, 0.717) is 43.2 Å². The molecule has 140 valence electrons. The lowest BCUT2D eigenvalue weighted by molar-refractivity contribution is -0.117. The van der Waals surface area contributed by atoms with Crippen molar-refractivity contribution in [3.8, 4) is 0 Å². The van der Waals surface area contributed by atoms with Gasteiger partial charge in [-0.2, -0.15) is 5.10 Å². The number of hydrogen-bond acceptors (Lipinski definition) is 8. The number of rotatable bonds is 6. The molecule has 0 unspecified atom stereocenters. The number of carbonyl (C=O) groups excluding carboxylic acids is 1. The minimum atomic E-state index is -0.356. The Bertz CT molecular complexity index is 812. The first kappa shape index (κ1) is 18.5. The van der Waals surface area contributed by atoms with Crippen molar-refractivity contribution < 1.29 is 9.53 Å². The SMILES string of the molecule is CC(C)Cc1nnc(NC(=O)Cn2nc(N3CCOCC3)ccc2=O)s1. The van der Waals surface area contributed by atoms with Gasteiger partial charge in [-0.25, -0.2) is 4.68 Å². The Hall–Kier alpha value is -2.33. The summed E-state index contributed by atoms with van der Waals surface area (Å²) in [4.78, 5) is 26.3. The lowest BCUT2D eigenvalue weighted by atomic mass is 10.1. The predicted octanol–water partition coefficient (Wildman–Crippen LogP) is 0.769. The topological polar surface area (TPSA) is 102 Å². The van der Waals surface area contributed by atoms with Gasteiger partial charge in [-0.15, -0.1) is 10.2 Å². The van der Waals surface area contributed by atoms with Gasteiger partial charge in [0, 0.05) is 25.6 Å². The standard InChI is InChI=1S/C16H22N6O3S/c1-11(2)9-14-18-19-16(26-14)17-13(23)10-22-15(24)4-3-12(20-22)21-5-7-25-8-6-21/h3-4,11H,5-10H2,1-2H3,(H,17,19,23). The number of aromatic nitrogens is 4. The van der Waals surface area contributed by atoms with E-state index in [1.54, 1.807) is 6.07 Å². The second-order valence-corrected chi connectivity index (χ2v) is 7.50. The largest absolute Gasteiger partial charge is 0.378 e. The molecule has 9 nitrogen and oxygen atoms in total. The van der Waals surface area contributed by atoms with Crippen LogP contribution in [0, 0.1) is 5.92 Å². The van der Waals surface area contributed by atoms with Crippen LogP contribution in [0.5, 0.6) is 0 Å². The third kappa shape index (κ3) is 4.85. The number of carbonyl (C=O) groups is 1. The average Bonchev–Trinajstić information content (AvgIpc) is 3.03. The highest BCUT2D eigenvalue weighted by Crippen LogP contribution is 2.18. The minimum absolute atomic E-state index is 0.171. The predicted molar refractivity (Wildman–Crippen MR) is 98.6 cm³/mol. The minimum Gasteiger partial charge on any atom is -0.378 e. The number of nitrogens with one attached hydrogen (secondary N) is 1. The van der Waals surface area contributed by atoms with Crippen molar-refractivity contribution in [3.05, 3.63) is 27.5 Å². The van der Waals surface area contributed by atoms with E-state index in [0.717, 1.165) is 16.1 Å². The fourth-order valence-corrected chi connectivity index (χ4v) is 3.51. The highest BCUT2D eigenvalue weighted by Gasteiger charge is 2.15.